The molecule has 1 atom stereocenters. The molecule has 0 spiro atoms. The van der Waals surface area contributed by atoms with E-state index in [4.69, 9.17) is 4.74 Å². The minimum Gasteiger partial charge on any atom is -0.591 e. The highest BCUT2D eigenvalue weighted by molar-refractivity contribution is 7.91. The van der Waals surface area contributed by atoms with Crippen molar-refractivity contribution in [2.75, 3.05) is 6.61 Å². The molecule has 0 unspecified atom stereocenters. The molecule has 0 aromatic heterocycles. The summed E-state index contributed by atoms with van der Waals surface area (Å²) in [6.07, 6.45) is 0.598. The summed E-state index contributed by atoms with van der Waals surface area (Å²) in [7, 11) is 0. The van der Waals surface area contributed by atoms with Gasteiger partial charge < -0.3 is 9.29 Å². The van der Waals surface area contributed by atoms with Crippen LogP contribution in [0.5, 0.6) is 5.75 Å². The van der Waals surface area contributed by atoms with Gasteiger partial charge in [0.25, 0.3) is 0 Å². The lowest BCUT2D eigenvalue weighted by atomic mass is 10.0. The van der Waals surface area contributed by atoms with Gasteiger partial charge in [0.05, 0.1) is 6.61 Å². The molecule has 1 heterocycles. The number of halogens is 1. The third-order valence-corrected chi connectivity index (χ3v) is 4.00. The highest BCUT2D eigenvalue weighted by atomic mass is 32.2. The Hall–Kier alpha value is -1.07. The topological polar surface area (TPSA) is 44.7 Å². The molecule has 0 saturated heterocycles. The van der Waals surface area contributed by atoms with Crippen molar-refractivity contribution in [3.05, 3.63) is 29.6 Å². The van der Waals surface area contributed by atoms with Gasteiger partial charge in [0.15, 0.2) is 0 Å². The maximum atomic E-state index is 13.1. The summed E-state index contributed by atoms with van der Waals surface area (Å²) in [4.78, 5) is 0. The molecule has 18 heavy (non-hydrogen) atoms. The maximum absolute atomic E-state index is 13.1. The first-order valence-electron chi connectivity index (χ1n) is 5.80. The predicted octanol–water partition coefficient (Wildman–Crippen LogP) is 2.86. The molecule has 3 nitrogen and oxygen atoms in total. The number of benzene rings is 1. The Morgan fingerprint density at radius 3 is 2.78 bits per heavy atom. The van der Waals surface area contributed by atoms with Gasteiger partial charge in [0, 0.05) is 18.1 Å². The van der Waals surface area contributed by atoms with Crippen molar-refractivity contribution in [3.63, 3.8) is 0 Å². The van der Waals surface area contributed by atoms with Gasteiger partial charge in [-0.1, -0.05) is 4.40 Å². The van der Waals surface area contributed by atoms with Crippen LogP contribution in [-0.2, 0) is 11.4 Å². The van der Waals surface area contributed by atoms with Crippen LogP contribution in [0.2, 0.25) is 0 Å². The Kier molecular flexibility index (Phi) is 3.64. The number of nitrogens with zero attached hydrogens (tertiary/aromatic N) is 1. The van der Waals surface area contributed by atoms with Crippen molar-refractivity contribution in [2.45, 2.75) is 31.9 Å². The molecule has 1 aromatic carbocycles. The van der Waals surface area contributed by atoms with E-state index in [0.29, 0.717) is 18.8 Å². The molecule has 0 aliphatic carbocycles. The maximum Gasteiger partial charge on any atom is 0.144 e. The van der Waals surface area contributed by atoms with E-state index < -0.39 is 16.1 Å². The Labute approximate surface area is 109 Å². The molecule has 0 bridgehead atoms. The molecule has 0 saturated carbocycles. The molecule has 1 aliphatic rings. The minimum atomic E-state index is -1.31. The van der Waals surface area contributed by atoms with Gasteiger partial charge in [-0.05, 0) is 32.9 Å². The van der Waals surface area contributed by atoms with Crippen molar-refractivity contribution in [1.82, 2.24) is 0 Å². The lowest BCUT2D eigenvalue weighted by Gasteiger charge is -2.22. The van der Waals surface area contributed by atoms with E-state index in [1.165, 1.54) is 12.1 Å². The largest absolute Gasteiger partial charge is 0.591 e. The van der Waals surface area contributed by atoms with E-state index in [1.807, 2.05) is 20.8 Å². The van der Waals surface area contributed by atoms with Crippen LogP contribution in [0.4, 0.5) is 4.39 Å². The van der Waals surface area contributed by atoms with E-state index in [1.54, 1.807) is 6.07 Å². The minimum absolute atomic E-state index is 0.341. The number of hydrogen-bond acceptors (Lipinski definition) is 3. The summed E-state index contributed by atoms with van der Waals surface area (Å²) in [6, 6.07) is 4.33. The lowest BCUT2D eigenvalue weighted by Crippen LogP contribution is -2.28. The van der Waals surface area contributed by atoms with Gasteiger partial charge in [0.1, 0.15) is 33.4 Å². The van der Waals surface area contributed by atoms with Crippen LogP contribution in [0.3, 0.4) is 0 Å². The molecule has 2 rings (SSSR count). The fourth-order valence-electron chi connectivity index (χ4n) is 1.58. The van der Waals surface area contributed by atoms with E-state index in [9.17, 15) is 8.94 Å². The van der Waals surface area contributed by atoms with E-state index >= 15 is 0 Å². The molecular weight excluding hydrogens is 253 g/mol. The Balaban J connectivity index is 2.36. The van der Waals surface area contributed by atoms with Crippen LogP contribution in [-0.4, -0.2) is 21.6 Å². The molecule has 0 fully saturated rings. The van der Waals surface area contributed by atoms with Crippen LogP contribution in [0.15, 0.2) is 22.6 Å². The molecule has 0 radical (unpaired) electrons. The zero-order valence-corrected chi connectivity index (χ0v) is 11.5. The molecule has 98 valence electrons. The first-order chi connectivity index (χ1) is 8.38. The summed E-state index contributed by atoms with van der Waals surface area (Å²) in [5.74, 6) is 0.137. The van der Waals surface area contributed by atoms with Gasteiger partial charge in [0.2, 0.25) is 0 Å². The van der Waals surface area contributed by atoms with Crippen molar-refractivity contribution >= 4 is 17.1 Å². The smallest absolute Gasteiger partial charge is 0.144 e. The first kappa shape index (κ1) is 13.4. The summed E-state index contributed by atoms with van der Waals surface area (Å²) >= 11 is -1.31. The number of ether oxygens (including phenoxy) is 1. The summed E-state index contributed by atoms with van der Waals surface area (Å²) < 4.78 is 34.4. The average molecular weight is 269 g/mol. The van der Waals surface area contributed by atoms with E-state index in [2.05, 4.69) is 4.40 Å². The van der Waals surface area contributed by atoms with Crippen LogP contribution in [0, 0.1) is 5.82 Å². The third kappa shape index (κ3) is 2.84. The van der Waals surface area contributed by atoms with Gasteiger partial charge in [-0.3, -0.25) is 0 Å². The fraction of sp³-hybridized carbons (Fsp3) is 0.462. The third-order valence-electron chi connectivity index (χ3n) is 2.57. The Morgan fingerprint density at radius 1 is 1.39 bits per heavy atom. The molecule has 5 heteroatoms. The van der Waals surface area contributed by atoms with Crippen molar-refractivity contribution in [3.8, 4) is 5.75 Å². The first-order valence-corrected chi connectivity index (χ1v) is 6.91. The lowest BCUT2D eigenvalue weighted by molar-refractivity contribution is 0.319. The second-order valence-electron chi connectivity index (χ2n) is 5.14. The fourth-order valence-corrected chi connectivity index (χ4v) is 2.24. The second-order valence-corrected chi connectivity index (χ2v) is 7.04. The van der Waals surface area contributed by atoms with Crippen LogP contribution < -0.4 is 4.74 Å². The molecule has 1 aliphatic heterocycles. The van der Waals surface area contributed by atoms with Crippen LogP contribution in [0.1, 0.15) is 32.8 Å². The Morgan fingerprint density at radius 2 is 2.11 bits per heavy atom. The predicted molar refractivity (Wildman–Crippen MR) is 70.9 cm³/mol. The number of fused-ring (bicyclic) bond motifs is 1. The number of hydrogen-bond donors (Lipinski definition) is 0. The summed E-state index contributed by atoms with van der Waals surface area (Å²) in [6.45, 7) is 6.06. The highest BCUT2D eigenvalue weighted by Crippen LogP contribution is 2.28. The monoisotopic (exact) mass is 269 g/mol. The van der Waals surface area contributed by atoms with Crippen LogP contribution in [0.25, 0.3) is 0 Å². The van der Waals surface area contributed by atoms with Crippen molar-refractivity contribution in [2.24, 2.45) is 4.40 Å². The second kappa shape index (κ2) is 4.90. The van der Waals surface area contributed by atoms with E-state index in [0.717, 1.165) is 11.3 Å². The highest BCUT2D eigenvalue weighted by Gasteiger charge is 2.29. The molecule has 0 amide bonds. The molecule has 1 aromatic rings. The van der Waals surface area contributed by atoms with Gasteiger partial charge in [-0.25, -0.2) is 4.39 Å². The summed E-state index contributed by atoms with van der Waals surface area (Å²) in [5.41, 5.74) is 1.46. The SMILES string of the molecule is CC(C)(C)[S@+]([O-])N=C1CCOc2cc(F)ccc21. The molecule has 0 N–H and O–H groups in total. The van der Waals surface area contributed by atoms with Crippen molar-refractivity contribution < 1.29 is 13.7 Å². The van der Waals surface area contributed by atoms with E-state index in [-0.39, 0.29) is 5.82 Å². The number of rotatable bonds is 1. The molecular formula is C13H16FNO2S. The van der Waals surface area contributed by atoms with Crippen molar-refractivity contribution in [1.29, 1.82) is 0 Å². The zero-order chi connectivity index (χ0) is 13.3. The average Bonchev–Trinajstić information content (AvgIpc) is 2.27. The van der Waals surface area contributed by atoms with Gasteiger partial charge in [-0.2, -0.15) is 0 Å². The quantitative estimate of drug-likeness (QED) is 0.736. The Bertz CT molecular complexity index is 482. The zero-order valence-electron chi connectivity index (χ0n) is 10.7. The normalized spacial score (nSPS) is 19.3. The standard InChI is InChI=1S/C13H16FNO2S/c1-13(2,3)18(16)15-11-6-7-17-12-8-9(14)4-5-10(11)12/h4-5,8H,6-7H2,1-3H3/t18-/m0/s1. The van der Waals surface area contributed by atoms with Gasteiger partial charge >= 0.3 is 0 Å². The summed E-state index contributed by atoms with van der Waals surface area (Å²) in [5, 5.41) is 0. The van der Waals surface area contributed by atoms with Gasteiger partial charge in [-0.15, -0.1) is 0 Å². The van der Waals surface area contributed by atoms with Crippen LogP contribution >= 0.6 is 0 Å².